The van der Waals surface area contributed by atoms with Crippen LogP contribution in [0.15, 0.2) is 17.1 Å². The Morgan fingerprint density at radius 2 is 2.33 bits per heavy atom. The Labute approximate surface area is 88.6 Å². The van der Waals surface area contributed by atoms with Crippen LogP contribution in [0.3, 0.4) is 0 Å². The molecule has 0 fully saturated rings. The van der Waals surface area contributed by atoms with E-state index in [0.717, 1.165) is 0 Å². The van der Waals surface area contributed by atoms with Gasteiger partial charge in [0.05, 0.1) is 10.5 Å². The average Bonchev–Trinajstić information content (AvgIpc) is 2.17. The van der Waals surface area contributed by atoms with Gasteiger partial charge in [0.15, 0.2) is 11.3 Å². The summed E-state index contributed by atoms with van der Waals surface area (Å²) in [5.74, 6) is -0.423. The average molecular weight is 222 g/mol. The topological polar surface area (TPSA) is 89.8 Å². The summed E-state index contributed by atoms with van der Waals surface area (Å²) in [7, 11) is 0. The number of aromatic nitrogens is 2. The molecule has 0 atom stereocenters. The number of aromatic hydroxyl groups is 1. The second-order valence-corrected chi connectivity index (χ2v) is 3.28. The number of aromatic amines is 1. The van der Waals surface area contributed by atoms with E-state index in [4.69, 9.17) is 16.9 Å². The Bertz CT molecular complexity index is 642. The highest BCUT2D eigenvalue weighted by molar-refractivity contribution is 6.31. The first-order valence-electron chi connectivity index (χ1n) is 3.94. The minimum atomic E-state index is -0.661. The van der Waals surface area contributed by atoms with Crippen LogP contribution in [0.5, 0.6) is 5.75 Å². The van der Waals surface area contributed by atoms with Crippen LogP contribution in [-0.2, 0) is 0 Å². The monoisotopic (exact) mass is 221 g/mol. The number of nitrogens with zero attached hydrogens (tertiary/aromatic N) is 2. The van der Waals surface area contributed by atoms with Crippen LogP contribution >= 0.6 is 11.6 Å². The predicted octanol–water partition coefficient (Wildman–Crippen LogP) is 1.15. The van der Waals surface area contributed by atoms with E-state index in [1.165, 1.54) is 12.3 Å². The van der Waals surface area contributed by atoms with Crippen LogP contribution in [0.4, 0.5) is 0 Å². The highest BCUT2D eigenvalue weighted by atomic mass is 35.5. The van der Waals surface area contributed by atoms with Crippen molar-refractivity contribution in [3.8, 4) is 11.8 Å². The zero-order chi connectivity index (χ0) is 11.0. The Morgan fingerprint density at radius 3 is 3.00 bits per heavy atom. The molecule has 0 unspecified atom stereocenters. The lowest BCUT2D eigenvalue weighted by Gasteiger charge is -2.01. The molecule has 2 heterocycles. The van der Waals surface area contributed by atoms with E-state index >= 15 is 0 Å². The Balaban J connectivity index is 2.99. The van der Waals surface area contributed by atoms with Gasteiger partial charge >= 0.3 is 0 Å². The van der Waals surface area contributed by atoms with Crippen LogP contribution in [0.1, 0.15) is 5.56 Å². The molecule has 0 aliphatic rings. The lowest BCUT2D eigenvalue weighted by Crippen LogP contribution is -2.10. The van der Waals surface area contributed by atoms with Crippen molar-refractivity contribution < 1.29 is 5.11 Å². The number of H-pyrrole nitrogens is 1. The molecular formula is C9H4ClN3O2. The molecule has 0 saturated carbocycles. The summed E-state index contributed by atoms with van der Waals surface area (Å²) in [6, 6.07) is 3.05. The first kappa shape index (κ1) is 9.49. The van der Waals surface area contributed by atoms with Crippen molar-refractivity contribution in [3.05, 3.63) is 33.2 Å². The van der Waals surface area contributed by atoms with E-state index in [1.54, 1.807) is 6.07 Å². The van der Waals surface area contributed by atoms with E-state index in [-0.39, 0.29) is 11.1 Å². The van der Waals surface area contributed by atoms with Gasteiger partial charge < -0.3 is 10.1 Å². The van der Waals surface area contributed by atoms with Crippen molar-refractivity contribution in [2.24, 2.45) is 0 Å². The van der Waals surface area contributed by atoms with Gasteiger partial charge in [-0.15, -0.1) is 0 Å². The quantitative estimate of drug-likeness (QED) is 0.698. The summed E-state index contributed by atoms with van der Waals surface area (Å²) in [5.41, 5.74) is -0.566. The highest BCUT2D eigenvalue weighted by Gasteiger charge is 2.12. The van der Waals surface area contributed by atoms with E-state index in [2.05, 4.69) is 9.97 Å². The molecule has 2 aromatic heterocycles. The number of hydrogen-bond acceptors (Lipinski definition) is 4. The van der Waals surface area contributed by atoms with Crippen molar-refractivity contribution in [3.63, 3.8) is 0 Å². The predicted molar refractivity (Wildman–Crippen MR) is 53.8 cm³/mol. The smallest absolute Gasteiger partial charge is 0.270 e. The van der Waals surface area contributed by atoms with Crippen LogP contribution < -0.4 is 5.56 Å². The maximum absolute atomic E-state index is 11.3. The third-order valence-corrected chi connectivity index (χ3v) is 2.11. The number of rotatable bonds is 0. The van der Waals surface area contributed by atoms with Crippen molar-refractivity contribution >= 4 is 22.6 Å². The minimum Gasteiger partial charge on any atom is -0.504 e. The third kappa shape index (κ3) is 1.41. The van der Waals surface area contributed by atoms with Crippen LogP contribution in [0, 0.1) is 11.3 Å². The molecule has 2 rings (SSSR count). The van der Waals surface area contributed by atoms with Gasteiger partial charge in [0, 0.05) is 6.20 Å². The van der Waals surface area contributed by atoms with E-state index < -0.39 is 11.3 Å². The van der Waals surface area contributed by atoms with Crippen molar-refractivity contribution in [1.82, 2.24) is 9.97 Å². The second-order valence-electron chi connectivity index (χ2n) is 2.84. The fourth-order valence-electron chi connectivity index (χ4n) is 1.24. The van der Waals surface area contributed by atoms with Gasteiger partial charge in [-0.3, -0.25) is 4.79 Å². The van der Waals surface area contributed by atoms with Crippen molar-refractivity contribution in [1.29, 1.82) is 5.26 Å². The Kier molecular flexibility index (Phi) is 2.06. The fraction of sp³-hybridized carbons (Fsp3) is 0. The van der Waals surface area contributed by atoms with Crippen LogP contribution in [0.25, 0.3) is 11.0 Å². The number of nitrogens with one attached hydrogen (secondary N) is 1. The number of fused-ring (bicyclic) bond motifs is 1. The summed E-state index contributed by atoms with van der Waals surface area (Å²) in [6.45, 7) is 0. The van der Waals surface area contributed by atoms with E-state index in [9.17, 15) is 9.90 Å². The number of pyridine rings is 2. The van der Waals surface area contributed by atoms with Crippen molar-refractivity contribution in [2.45, 2.75) is 0 Å². The van der Waals surface area contributed by atoms with Gasteiger partial charge in [0.1, 0.15) is 11.6 Å². The molecule has 74 valence electrons. The molecule has 15 heavy (non-hydrogen) atoms. The van der Waals surface area contributed by atoms with E-state index in [1.807, 2.05) is 0 Å². The standard InChI is InChI=1S/C9H4ClN3O2/c10-4-1-6-7(12-3-4)8(14)5(2-11)9(15)13-6/h1,3H,(H2,13,14,15). The molecule has 5 nitrogen and oxygen atoms in total. The first-order valence-corrected chi connectivity index (χ1v) is 4.32. The lowest BCUT2D eigenvalue weighted by molar-refractivity contribution is 0.477. The summed E-state index contributed by atoms with van der Waals surface area (Å²) >= 11 is 5.67. The molecule has 0 amide bonds. The minimum absolute atomic E-state index is 0.149. The molecule has 0 radical (unpaired) electrons. The van der Waals surface area contributed by atoms with Crippen LogP contribution in [0.2, 0.25) is 5.02 Å². The van der Waals surface area contributed by atoms with Gasteiger partial charge in [0.2, 0.25) is 0 Å². The first-order chi connectivity index (χ1) is 7.13. The zero-order valence-corrected chi connectivity index (χ0v) is 8.04. The SMILES string of the molecule is N#Cc1c(O)c2ncc(Cl)cc2[nH]c1=O. The lowest BCUT2D eigenvalue weighted by atomic mass is 10.2. The zero-order valence-electron chi connectivity index (χ0n) is 7.28. The van der Waals surface area contributed by atoms with Crippen molar-refractivity contribution in [2.75, 3.05) is 0 Å². The molecule has 0 aliphatic heterocycles. The van der Waals surface area contributed by atoms with Gasteiger partial charge in [-0.05, 0) is 6.07 Å². The molecule has 0 saturated heterocycles. The summed E-state index contributed by atoms with van der Waals surface area (Å²) in [6.07, 6.45) is 1.32. The molecule has 2 aromatic rings. The van der Waals surface area contributed by atoms with E-state index in [0.29, 0.717) is 10.5 Å². The molecule has 0 aromatic carbocycles. The van der Waals surface area contributed by atoms with Gasteiger partial charge in [0.25, 0.3) is 5.56 Å². The largest absolute Gasteiger partial charge is 0.504 e. The second kappa shape index (κ2) is 3.26. The fourth-order valence-corrected chi connectivity index (χ4v) is 1.40. The number of halogens is 1. The van der Waals surface area contributed by atoms with Gasteiger partial charge in [-0.2, -0.15) is 5.26 Å². The molecular weight excluding hydrogens is 218 g/mol. The molecule has 0 bridgehead atoms. The summed E-state index contributed by atoms with van der Waals surface area (Å²) < 4.78 is 0. The summed E-state index contributed by atoms with van der Waals surface area (Å²) in [4.78, 5) is 17.5. The summed E-state index contributed by atoms with van der Waals surface area (Å²) in [5, 5.41) is 18.5. The van der Waals surface area contributed by atoms with Gasteiger partial charge in [-0.25, -0.2) is 4.98 Å². The normalized spacial score (nSPS) is 10.1. The van der Waals surface area contributed by atoms with Gasteiger partial charge in [-0.1, -0.05) is 11.6 Å². The Hall–Kier alpha value is -2.06. The molecule has 0 spiro atoms. The molecule has 2 N–H and O–H groups in total. The number of hydrogen-bond donors (Lipinski definition) is 2. The Morgan fingerprint density at radius 1 is 1.60 bits per heavy atom. The number of nitriles is 1. The maximum atomic E-state index is 11.3. The maximum Gasteiger partial charge on any atom is 0.270 e. The molecule has 6 heteroatoms. The molecule has 0 aliphatic carbocycles. The third-order valence-electron chi connectivity index (χ3n) is 1.90. The van der Waals surface area contributed by atoms with Crippen LogP contribution in [-0.4, -0.2) is 15.1 Å². The highest BCUT2D eigenvalue weighted by Crippen LogP contribution is 2.23.